The van der Waals surface area contributed by atoms with Gasteiger partial charge in [0.1, 0.15) is 22.2 Å². The molecule has 0 spiro atoms. The van der Waals surface area contributed by atoms with Gasteiger partial charge in [-0.2, -0.15) is 13.2 Å². The van der Waals surface area contributed by atoms with Gasteiger partial charge in [0.05, 0.1) is 16.8 Å². The number of alkyl halides is 3. The molecule has 31 heavy (non-hydrogen) atoms. The molecular weight excluding hydrogens is 435 g/mol. The number of carboxylic acid groups (broad SMARTS) is 1. The Morgan fingerprint density at radius 2 is 1.87 bits per heavy atom. The fraction of sp³-hybridized carbons (Fsp3) is 0.150. The molecule has 0 saturated carbocycles. The van der Waals surface area contributed by atoms with Gasteiger partial charge in [-0.25, -0.2) is 9.78 Å². The van der Waals surface area contributed by atoms with Crippen molar-refractivity contribution in [3.63, 3.8) is 0 Å². The number of thioether (sulfide) groups is 1. The molecule has 3 aromatic rings. The van der Waals surface area contributed by atoms with Crippen LogP contribution in [0.15, 0.2) is 58.7 Å². The summed E-state index contributed by atoms with van der Waals surface area (Å²) < 4.78 is 44.8. The zero-order valence-electron chi connectivity index (χ0n) is 15.5. The van der Waals surface area contributed by atoms with Gasteiger partial charge in [0.15, 0.2) is 6.04 Å². The lowest BCUT2D eigenvalue weighted by molar-refractivity contribution is -0.138. The van der Waals surface area contributed by atoms with Crippen molar-refractivity contribution in [2.45, 2.75) is 12.2 Å². The molecular formula is C20H12F3N3O4S. The molecule has 1 aromatic heterocycles. The predicted octanol–water partition coefficient (Wildman–Crippen LogP) is 5.39. The summed E-state index contributed by atoms with van der Waals surface area (Å²) in [6.45, 7) is 0. The average Bonchev–Trinajstić information content (AvgIpc) is 3.23. The second-order valence-electron chi connectivity index (χ2n) is 6.52. The Balaban J connectivity index is 1.60. The van der Waals surface area contributed by atoms with Gasteiger partial charge in [-0.1, -0.05) is 6.07 Å². The Kier molecular flexibility index (Phi) is 5.36. The second kappa shape index (κ2) is 7.99. The van der Waals surface area contributed by atoms with Gasteiger partial charge >= 0.3 is 12.1 Å². The summed E-state index contributed by atoms with van der Waals surface area (Å²) in [4.78, 5) is 30.3. The first kappa shape index (κ1) is 20.8. The van der Waals surface area contributed by atoms with Crippen LogP contribution in [0.25, 0.3) is 10.9 Å². The highest BCUT2D eigenvalue weighted by atomic mass is 32.2. The van der Waals surface area contributed by atoms with Crippen LogP contribution >= 0.6 is 11.8 Å². The molecule has 0 bridgehead atoms. The van der Waals surface area contributed by atoms with Crippen LogP contribution < -0.4 is 4.74 Å². The van der Waals surface area contributed by atoms with Crippen molar-refractivity contribution in [2.24, 2.45) is 10.2 Å². The summed E-state index contributed by atoms with van der Waals surface area (Å²) in [6, 6.07) is 10.3. The molecule has 0 saturated heterocycles. The van der Waals surface area contributed by atoms with E-state index in [1.807, 2.05) is 0 Å². The number of rotatable bonds is 5. The van der Waals surface area contributed by atoms with E-state index in [1.54, 1.807) is 30.3 Å². The van der Waals surface area contributed by atoms with Crippen LogP contribution in [0.2, 0.25) is 0 Å². The van der Waals surface area contributed by atoms with Crippen molar-refractivity contribution >= 4 is 39.4 Å². The lowest BCUT2D eigenvalue weighted by Crippen LogP contribution is -2.17. The van der Waals surface area contributed by atoms with E-state index in [-0.39, 0.29) is 11.5 Å². The molecule has 1 N–H and O–H groups in total. The number of hydrogen-bond acceptors (Lipinski definition) is 7. The number of ether oxygens (including phenoxy) is 1. The van der Waals surface area contributed by atoms with Gasteiger partial charge in [-0.05, 0) is 47.6 Å². The third-order valence-corrected chi connectivity index (χ3v) is 5.49. The third kappa shape index (κ3) is 4.36. The molecule has 0 unspecified atom stereocenters. The molecule has 1 aliphatic heterocycles. The number of pyridine rings is 1. The Bertz CT molecular complexity index is 1230. The number of halogens is 3. The molecule has 2 heterocycles. The van der Waals surface area contributed by atoms with Crippen LogP contribution in [0.1, 0.15) is 11.3 Å². The van der Waals surface area contributed by atoms with Gasteiger partial charge in [0, 0.05) is 11.1 Å². The Morgan fingerprint density at radius 3 is 2.55 bits per heavy atom. The molecule has 0 fully saturated rings. The van der Waals surface area contributed by atoms with Crippen LogP contribution in [0.5, 0.6) is 11.5 Å². The van der Waals surface area contributed by atoms with Gasteiger partial charge in [-0.15, -0.1) is 16.7 Å². The standard InChI is InChI=1S/C20H12F3N3O4S/c21-20(22,23)13-8-12(3-6-15(13)26-29)30-11-2-5-14-10(7-11)1-4-16(24-14)18-25-17(9-31-18)19(27)28/h1-8,17H,9H2,(H,27,28)/t17-/m1/s1. The van der Waals surface area contributed by atoms with Crippen molar-refractivity contribution in [1.29, 1.82) is 0 Å². The van der Waals surface area contributed by atoms with E-state index in [0.717, 1.165) is 12.1 Å². The summed E-state index contributed by atoms with van der Waals surface area (Å²) in [5, 5.41) is 12.7. The lowest BCUT2D eigenvalue weighted by atomic mass is 10.1. The lowest BCUT2D eigenvalue weighted by Gasteiger charge is -2.12. The molecule has 7 nitrogen and oxygen atoms in total. The average molecular weight is 447 g/mol. The highest BCUT2D eigenvalue weighted by molar-refractivity contribution is 8.14. The SMILES string of the molecule is O=Nc1ccc(Oc2ccc3nc(C4=N[C@@H](C(=O)O)CS4)ccc3c2)cc1C(F)(F)F. The maximum Gasteiger partial charge on any atom is 0.418 e. The number of aliphatic carboxylic acids is 1. The normalized spacial score (nSPS) is 16.2. The Labute approximate surface area is 176 Å². The molecule has 1 atom stereocenters. The quantitative estimate of drug-likeness (QED) is 0.526. The zero-order chi connectivity index (χ0) is 22.2. The van der Waals surface area contributed by atoms with Gasteiger partial charge in [0.25, 0.3) is 0 Å². The maximum atomic E-state index is 13.1. The fourth-order valence-corrected chi connectivity index (χ4v) is 3.94. The maximum absolute atomic E-state index is 13.1. The first-order valence-corrected chi connectivity index (χ1v) is 9.80. The summed E-state index contributed by atoms with van der Waals surface area (Å²) in [5.41, 5.74) is -0.764. The summed E-state index contributed by atoms with van der Waals surface area (Å²) >= 11 is 1.31. The van der Waals surface area contributed by atoms with E-state index in [4.69, 9.17) is 9.84 Å². The largest absolute Gasteiger partial charge is 0.480 e. The second-order valence-corrected chi connectivity index (χ2v) is 7.53. The van der Waals surface area contributed by atoms with Crippen LogP contribution in [0.4, 0.5) is 18.9 Å². The van der Waals surface area contributed by atoms with E-state index >= 15 is 0 Å². The molecule has 0 amide bonds. The number of aromatic nitrogens is 1. The first-order chi connectivity index (χ1) is 14.7. The minimum absolute atomic E-state index is 0.0972. The highest BCUT2D eigenvalue weighted by Gasteiger charge is 2.34. The molecule has 0 radical (unpaired) electrons. The van der Waals surface area contributed by atoms with Crippen molar-refractivity contribution < 1.29 is 27.8 Å². The van der Waals surface area contributed by atoms with Crippen LogP contribution in [-0.2, 0) is 11.0 Å². The van der Waals surface area contributed by atoms with Crippen molar-refractivity contribution in [3.05, 3.63) is 64.7 Å². The van der Waals surface area contributed by atoms with E-state index in [9.17, 15) is 22.9 Å². The van der Waals surface area contributed by atoms with E-state index in [1.165, 1.54) is 17.8 Å². The molecule has 158 valence electrons. The summed E-state index contributed by atoms with van der Waals surface area (Å²) in [5.74, 6) is -0.466. The Hall–Kier alpha value is -3.47. The molecule has 4 rings (SSSR count). The Morgan fingerprint density at radius 1 is 1.13 bits per heavy atom. The number of fused-ring (bicyclic) bond motifs is 1. The number of carboxylic acids is 1. The minimum Gasteiger partial charge on any atom is -0.480 e. The highest BCUT2D eigenvalue weighted by Crippen LogP contribution is 2.39. The van der Waals surface area contributed by atoms with Gasteiger partial charge < -0.3 is 9.84 Å². The number of nitroso groups, excluding NO2 is 1. The number of aliphatic imine (C=N–C) groups is 1. The molecule has 0 aliphatic carbocycles. The number of nitrogens with zero attached hydrogens (tertiary/aromatic N) is 3. The van der Waals surface area contributed by atoms with E-state index < -0.39 is 29.4 Å². The van der Waals surface area contributed by atoms with E-state index in [0.29, 0.717) is 27.4 Å². The topological polar surface area (TPSA) is 101 Å². The van der Waals surface area contributed by atoms with E-state index in [2.05, 4.69) is 15.2 Å². The van der Waals surface area contributed by atoms with Gasteiger partial charge in [-0.3, -0.25) is 4.99 Å². The van der Waals surface area contributed by atoms with Crippen molar-refractivity contribution in [1.82, 2.24) is 4.98 Å². The molecule has 1 aliphatic rings. The van der Waals surface area contributed by atoms with Crippen molar-refractivity contribution in [3.8, 4) is 11.5 Å². The minimum atomic E-state index is -4.74. The van der Waals surface area contributed by atoms with Crippen LogP contribution in [0, 0.1) is 4.91 Å². The zero-order valence-corrected chi connectivity index (χ0v) is 16.3. The van der Waals surface area contributed by atoms with Crippen LogP contribution in [-0.4, -0.2) is 32.9 Å². The van der Waals surface area contributed by atoms with Crippen molar-refractivity contribution in [2.75, 3.05) is 5.75 Å². The number of hydrogen-bond donors (Lipinski definition) is 1. The summed E-state index contributed by atoms with van der Waals surface area (Å²) in [7, 11) is 0. The molecule has 2 aromatic carbocycles. The summed E-state index contributed by atoms with van der Waals surface area (Å²) in [6.07, 6.45) is -4.74. The third-order valence-electron chi connectivity index (χ3n) is 4.42. The van der Waals surface area contributed by atoms with Crippen LogP contribution in [0.3, 0.4) is 0 Å². The number of benzene rings is 2. The van der Waals surface area contributed by atoms with Gasteiger partial charge in [0.2, 0.25) is 0 Å². The number of carbonyl (C=O) groups is 1. The monoisotopic (exact) mass is 447 g/mol. The smallest absolute Gasteiger partial charge is 0.418 e. The first-order valence-electron chi connectivity index (χ1n) is 8.81. The predicted molar refractivity (Wildman–Crippen MR) is 109 cm³/mol. The molecule has 11 heteroatoms. The fourth-order valence-electron chi connectivity index (χ4n) is 2.95.